The van der Waals surface area contributed by atoms with Crippen LogP contribution in [0.4, 0.5) is 11.5 Å². The average Bonchev–Trinajstić information content (AvgIpc) is 2.86. The van der Waals surface area contributed by atoms with Gasteiger partial charge >= 0.3 is 0 Å². The van der Waals surface area contributed by atoms with Crippen molar-refractivity contribution in [3.63, 3.8) is 0 Å². The van der Waals surface area contributed by atoms with Gasteiger partial charge in [-0.2, -0.15) is 0 Å². The SMILES string of the molecule is O=C1NC2(CCCNC2)n2c1c(Cl)cc(Nc1ccncn1)c2=O. The summed E-state index contributed by atoms with van der Waals surface area (Å²) in [6.45, 7) is 1.34. The standard InChI is InChI=1S/C15H15ClN6O2/c16-9-6-10(20-11-2-5-18-8-19-11)14(24)22-12(9)13(23)21-15(22)3-1-4-17-7-15/h2,5-6,8,17H,1,3-4,7H2,(H,21,23)(H,18,19,20). The fourth-order valence-electron chi connectivity index (χ4n) is 3.31. The Morgan fingerprint density at radius 2 is 2.25 bits per heavy atom. The van der Waals surface area contributed by atoms with Gasteiger partial charge in [0, 0.05) is 12.7 Å². The predicted molar refractivity (Wildman–Crippen MR) is 88.6 cm³/mol. The largest absolute Gasteiger partial charge is 0.336 e. The van der Waals surface area contributed by atoms with Crippen LogP contribution >= 0.6 is 11.6 Å². The maximum atomic E-state index is 13.0. The Balaban J connectivity index is 1.85. The van der Waals surface area contributed by atoms with Gasteiger partial charge in [-0.3, -0.25) is 14.2 Å². The number of amides is 1. The molecule has 24 heavy (non-hydrogen) atoms. The van der Waals surface area contributed by atoms with Gasteiger partial charge in [-0.1, -0.05) is 11.6 Å². The predicted octanol–water partition coefficient (Wildman–Crippen LogP) is 0.815. The summed E-state index contributed by atoms with van der Waals surface area (Å²) in [5.74, 6) is 0.154. The van der Waals surface area contributed by atoms with Crippen molar-refractivity contribution in [3.8, 4) is 0 Å². The first-order valence-electron chi connectivity index (χ1n) is 7.63. The molecule has 0 bridgehead atoms. The van der Waals surface area contributed by atoms with Crippen LogP contribution in [0.15, 0.2) is 29.5 Å². The number of rotatable bonds is 2. The second-order valence-corrected chi connectivity index (χ2v) is 6.29. The van der Waals surface area contributed by atoms with E-state index in [1.54, 1.807) is 12.3 Å². The van der Waals surface area contributed by atoms with Crippen LogP contribution in [-0.4, -0.2) is 33.5 Å². The molecule has 2 aliphatic rings. The number of fused-ring (bicyclic) bond motifs is 2. The number of pyridine rings is 1. The average molecular weight is 347 g/mol. The first kappa shape index (κ1) is 15.1. The zero-order chi connectivity index (χ0) is 16.7. The summed E-state index contributed by atoms with van der Waals surface area (Å²) in [6, 6.07) is 3.11. The monoisotopic (exact) mass is 346 g/mol. The zero-order valence-electron chi connectivity index (χ0n) is 12.7. The third-order valence-corrected chi connectivity index (χ3v) is 4.64. The van der Waals surface area contributed by atoms with Crippen molar-refractivity contribution in [1.82, 2.24) is 25.2 Å². The summed E-state index contributed by atoms with van der Waals surface area (Å²) in [6.07, 6.45) is 4.48. The smallest absolute Gasteiger partial charge is 0.276 e. The summed E-state index contributed by atoms with van der Waals surface area (Å²) < 4.78 is 1.48. The second-order valence-electron chi connectivity index (χ2n) is 5.88. The number of halogens is 1. The number of nitrogens with zero attached hydrogens (tertiary/aromatic N) is 3. The molecule has 3 N–H and O–H groups in total. The quantitative estimate of drug-likeness (QED) is 0.744. The van der Waals surface area contributed by atoms with E-state index in [0.29, 0.717) is 18.8 Å². The molecule has 1 unspecified atom stereocenters. The fourth-order valence-corrected chi connectivity index (χ4v) is 3.59. The van der Waals surface area contributed by atoms with Gasteiger partial charge in [-0.05, 0) is 31.5 Å². The molecule has 1 amide bonds. The normalized spacial score (nSPS) is 22.3. The number of carbonyl (C=O) groups is 1. The van der Waals surface area contributed by atoms with E-state index in [9.17, 15) is 9.59 Å². The van der Waals surface area contributed by atoms with Crippen LogP contribution in [-0.2, 0) is 5.66 Å². The Morgan fingerprint density at radius 3 is 2.96 bits per heavy atom. The molecule has 0 radical (unpaired) electrons. The lowest BCUT2D eigenvalue weighted by atomic mass is 10.00. The molecular weight excluding hydrogens is 332 g/mol. The highest BCUT2D eigenvalue weighted by atomic mass is 35.5. The maximum Gasteiger partial charge on any atom is 0.276 e. The number of carbonyl (C=O) groups excluding carboxylic acids is 1. The number of nitrogens with one attached hydrogen (secondary N) is 3. The van der Waals surface area contributed by atoms with Crippen molar-refractivity contribution in [2.75, 3.05) is 18.4 Å². The van der Waals surface area contributed by atoms with E-state index in [1.165, 1.54) is 17.0 Å². The molecule has 2 aliphatic heterocycles. The van der Waals surface area contributed by atoms with E-state index >= 15 is 0 Å². The first-order valence-corrected chi connectivity index (χ1v) is 8.01. The van der Waals surface area contributed by atoms with Crippen molar-refractivity contribution in [2.24, 2.45) is 0 Å². The van der Waals surface area contributed by atoms with Crippen LogP contribution in [0.25, 0.3) is 0 Å². The minimum Gasteiger partial charge on any atom is -0.336 e. The minimum atomic E-state index is -0.769. The van der Waals surface area contributed by atoms with E-state index < -0.39 is 5.66 Å². The molecule has 0 aromatic carbocycles. The van der Waals surface area contributed by atoms with Gasteiger partial charge in [0.1, 0.15) is 29.2 Å². The lowest BCUT2D eigenvalue weighted by Gasteiger charge is -2.35. The number of piperidine rings is 1. The molecule has 1 atom stereocenters. The van der Waals surface area contributed by atoms with Crippen molar-refractivity contribution in [3.05, 3.63) is 45.7 Å². The van der Waals surface area contributed by atoms with Crippen molar-refractivity contribution in [2.45, 2.75) is 18.5 Å². The van der Waals surface area contributed by atoms with Crippen LogP contribution in [0.5, 0.6) is 0 Å². The van der Waals surface area contributed by atoms with Gasteiger partial charge < -0.3 is 16.0 Å². The number of aromatic nitrogens is 3. The Kier molecular flexibility index (Phi) is 3.50. The molecule has 124 valence electrons. The fraction of sp³-hybridized carbons (Fsp3) is 0.333. The van der Waals surface area contributed by atoms with Crippen molar-refractivity contribution in [1.29, 1.82) is 0 Å². The number of hydrogen-bond acceptors (Lipinski definition) is 6. The maximum absolute atomic E-state index is 13.0. The summed E-state index contributed by atoms with van der Waals surface area (Å²) in [5.41, 5.74) is -0.605. The lowest BCUT2D eigenvalue weighted by Crippen LogP contribution is -2.56. The highest BCUT2D eigenvalue weighted by molar-refractivity contribution is 6.34. The molecule has 0 aliphatic carbocycles. The molecule has 0 saturated carbocycles. The minimum absolute atomic E-state index is 0.207. The van der Waals surface area contributed by atoms with Crippen LogP contribution < -0.4 is 21.5 Å². The Morgan fingerprint density at radius 1 is 1.38 bits per heavy atom. The molecule has 4 heterocycles. The number of hydrogen-bond donors (Lipinski definition) is 3. The van der Waals surface area contributed by atoms with E-state index in [-0.39, 0.29) is 27.9 Å². The molecule has 9 heteroatoms. The Hall–Kier alpha value is -2.45. The first-order chi connectivity index (χ1) is 11.6. The molecule has 8 nitrogen and oxygen atoms in total. The van der Waals surface area contributed by atoms with Gasteiger partial charge in [0.05, 0.1) is 5.02 Å². The zero-order valence-corrected chi connectivity index (χ0v) is 13.4. The third-order valence-electron chi connectivity index (χ3n) is 4.35. The molecular formula is C15H15ClN6O2. The summed E-state index contributed by atoms with van der Waals surface area (Å²) in [5, 5.41) is 9.35. The van der Waals surface area contributed by atoms with Crippen LogP contribution in [0, 0.1) is 0 Å². The van der Waals surface area contributed by atoms with Gasteiger partial charge in [0.2, 0.25) is 0 Å². The summed E-state index contributed by atoms with van der Waals surface area (Å²) in [7, 11) is 0. The van der Waals surface area contributed by atoms with Crippen LogP contribution in [0.1, 0.15) is 23.3 Å². The molecule has 1 fully saturated rings. The molecule has 1 saturated heterocycles. The second kappa shape index (κ2) is 5.57. The molecule has 4 rings (SSSR count). The molecule has 2 aromatic rings. The van der Waals surface area contributed by atoms with Crippen LogP contribution in [0.2, 0.25) is 5.02 Å². The number of anilines is 2. The van der Waals surface area contributed by atoms with E-state index in [2.05, 4.69) is 25.9 Å². The van der Waals surface area contributed by atoms with Crippen LogP contribution in [0.3, 0.4) is 0 Å². The molecule has 2 aromatic heterocycles. The van der Waals surface area contributed by atoms with Gasteiger partial charge in [-0.25, -0.2) is 9.97 Å². The third kappa shape index (κ3) is 2.26. The van der Waals surface area contributed by atoms with Gasteiger partial charge in [0.25, 0.3) is 11.5 Å². The Labute approximate surface area is 142 Å². The summed E-state index contributed by atoms with van der Waals surface area (Å²) in [4.78, 5) is 33.3. The van der Waals surface area contributed by atoms with E-state index in [1.807, 2.05) is 0 Å². The molecule has 1 spiro atoms. The highest BCUT2D eigenvalue weighted by Gasteiger charge is 2.45. The highest BCUT2D eigenvalue weighted by Crippen LogP contribution is 2.32. The van der Waals surface area contributed by atoms with Crippen molar-refractivity contribution < 1.29 is 4.79 Å². The van der Waals surface area contributed by atoms with Gasteiger partial charge in [-0.15, -0.1) is 0 Å². The van der Waals surface area contributed by atoms with Crippen molar-refractivity contribution >= 4 is 29.0 Å². The van der Waals surface area contributed by atoms with E-state index in [0.717, 1.165) is 13.0 Å². The van der Waals surface area contributed by atoms with Gasteiger partial charge in [0.15, 0.2) is 0 Å². The topological polar surface area (TPSA) is 101 Å². The lowest BCUT2D eigenvalue weighted by molar-refractivity contribution is 0.0892. The summed E-state index contributed by atoms with van der Waals surface area (Å²) >= 11 is 6.30. The van der Waals surface area contributed by atoms with E-state index in [4.69, 9.17) is 11.6 Å². The Bertz CT molecular complexity index is 860.